The summed E-state index contributed by atoms with van der Waals surface area (Å²) in [5.41, 5.74) is 2.63. The number of unbranched alkanes of at least 4 members (excludes halogenated alkanes) is 1. The van der Waals surface area contributed by atoms with Crippen molar-refractivity contribution in [1.82, 2.24) is 10.2 Å². The van der Waals surface area contributed by atoms with Gasteiger partial charge in [0.2, 0.25) is 11.8 Å². The SMILES string of the molecule is CCCCNC(=O)[C@H](C)N(Cc1c(Cl)cccc1Cl)C(=O)Cc1cccc(C)c1. The zero-order chi connectivity index (χ0) is 21.4. The van der Waals surface area contributed by atoms with E-state index < -0.39 is 6.04 Å². The number of nitrogens with one attached hydrogen (secondary N) is 1. The van der Waals surface area contributed by atoms with E-state index in [1.54, 1.807) is 30.0 Å². The average Bonchev–Trinajstić information content (AvgIpc) is 2.67. The Morgan fingerprint density at radius 2 is 1.76 bits per heavy atom. The van der Waals surface area contributed by atoms with Gasteiger partial charge < -0.3 is 10.2 Å². The molecule has 0 bridgehead atoms. The van der Waals surface area contributed by atoms with Gasteiger partial charge >= 0.3 is 0 Å². The van der Waals surface area contributed by atoms with Crippen LogP contribution in [0.5, 0.6) is 0 Å². The minimum Gasteiger partial charge on any atom is -0.354 e. The quantitative estimate of drug-likeness (QED) is 0.552. The molecule has 0 saturated carbocycles. The number of carbonyl (C=O) groups excluding carboxylic acids is 2. The number of amides is 2. The van der Waals surface area contributed by atoms with E-state index in [0.29, 0.717) is 22.2 Å². The number of carbonyl (C=O) groups is 2. The summed E-state index contributed by atoms with van der Waals surface area (Å²) >= 11 is 12.6. The van der Waals surface area contributed by atoms with Crippen LogP contribution >= 0.6 is 23.2 Å². The van der Waals surface area contributed by atoms with Crippen LogP contribution in [-0.4, -0.2) is 29.3 Å². The van der Waals surface area contributed by atoms with Gasteiger partial charge in [0.15, 0.2) is 0 Å². The zero-order valence-electron chi connectivity index (χ0n) is 17.2. The standard InChI is InChI=1S/C23H28Cl2N2O2/c1-4-5-12-26-23(29)17(3)27(15-19-20(24)10-7-11-21(19)25)22(28)14-18-9-6-8-16(2)13-18/h6-11,13,17H,4-5,12,14-15H2,1-3H3,(H,26,29)/t17-/m0/s1. The normalized spacial score (nSPS) is 11.8. The topological polar surface area (TPSA) is 49.4 Å². The van der Waals surface area contributed by atoms with Crippen LogP contribution in [0.25, 0.3) is 0 Å². The Balaban J connectivity index is 2.26. The molecule has 0 aliphatic heterocycles. The molecule has 1 N–H and O–H groups in total. The van der Waals surface area contributed by atoms with Crippen LogP contribution in [-0.2, 0) is 22.6 Å². The van der Waals surface area contributed by atoms with Crippen LogP contribution in [0.1, 0.15) is 43.4 Å². The first kappa shape index (κ1) is 23.2. The van der Waals surface area contributed by atoms with Crippen molar-refractivity contribution >= 4 is 35.0 Å². The molecular formula is C23H28Cl2N2O2. The fraction of sp³-hybridized carbons (Fsp3) is 0.391. The lowest BCUT2D eigenvalue weighted by Gasteiger charge is -2.29. The van der Waals surface area contributed by atoms with Gasteiger partial charge in [-0.05, 0) is 38.0 Å². The number of aryl methyl sites for hydroxylation is 1. The van der Waals surface area contributed by atoms with E-state index in [4.69, 9.17) is 23.2 Å². The number of hydrogen-bond acceptors (Lipinski definition) is 2. The molecule has 1 atom stereocenters. The van der Waals surface area contributed by atoms with Gasteiger partial charge in [0.05, 0.1) is 6.42 Å². The van der Waals surface area contributed by atoms with Crippen LogP contribution in [0.15, 0.2) is 42.5 Å². The van der Waals surface area contributed by atoms with Gasteiger partial charge in [-0.2, -0.15) is 0 Å². The fourth-order valence-electron chi connectivity index (χ4n) is 3.07. The molecule has 2 rings (SSSR count). The van der Waals surface area contributed by atoms with Crippen LogP contribution in [0.2, 0.25) is 10.0 Å². The zero-order valence-corrected chi connectivity index (χ0v) is 18.7. The Labute approximate surface area is 183 Å². The molecule has 0 fully saturated rings. The van der Waals surface area contributed by atoms with E-state index in [2.05, 4.69) is 12.2 Å². The van der Waals surface area contributed by atoms with Crippen molar-refractivity contribution in [2.75, 3.05) is 6.54 Å². The molecule has 2 aromatic rings. The summed E-state index contributed by atoms with van der Waals surface area (Å²) in [5.74, 6) is -0.330. The van der Waals surface area contributed by atoms with Crippen LogP contribution < -0.4 is 5.32 Å². The van der Waals surface area contributed by atoms with Crippen molar-refractivity contribution < 1.29 is 9.59 Å². The highest BCUT2D eigenvalue weighted by molar-refractivity contribution is 6.36. The maximum atomic E-state index is 13.2. The largest absolute Gasteiger partial charge is 0.354 e. The van der Waals surface area contributed by atoms with E-state index in [0.717, 1.165) is 24.0 Å². The molecule has 0 aliphatic rings. The number of rotatable bonds is 9. The Morgan fingerprint density at radius 1 is 1.10 bits per heavy atom. The number of nitrogens with zero attached hydrogens (tertiary/aromatic N) is 1. The van der Waals surface area contributed by atoms with Gasteiger partial charge in [-0.1, -0.05) is 72.4 Å². The predicted molar refractivity (Wildman–Crippen MR) is 119 cm³/mol. The summed E-state index contributed by atoms with van der Waals surface area (Å²) in [6.07, 6.45) is 2.09. The van der Waals surface area contributed by atoms with Crippen LogP contribution in [0, 0.1) is 6.92 Å². The third-order valence-corrected chi connectivity index (χ3v) is 5.53. The molecule has 0 saturated heterocycles. The van der Waals surface area contributed by atoms with Gasteiger partial charge in [-0.25, -0.2) is 0 Å². The minimum atomic E-state index is -0.642. The second kappa shape index (κ2) is 11.2. The maximum absolute atomic E-state index is 13.2. The summed E-state index contributed by atoms with van der Waals surface area (Å²) in [4.78, 5) is 27.4. The lowest BCUT2D eigenvalue weighted by molar-refractivity contribution is -0.140. The summed E-state index contributed by atoms with van der Waals surface area (Å²) in [7, 11) is 0. The van der Waals surface area contributed by atoms with Gasteiger partial charge in [0, 0.05) is 28.7 Å². The molecule has 0 radical (unpaired) electrons. The Hall–Kier alpha value is -2.04. The van der Waals surface area contributed by atoms with Crippen molar-refractivity contribution in [1.29, 1.82) is 0 Å². The Kier molecular flexibility index (Phi) is 8.99. The van der Waals surface area contributed by atoms with E-state index in [1.807, 2.05) is 31.2 Å². The first-order chi connectivity index (χ1) is 13.8. The molecule has 29 heavy (non-hydrogen) atoms. The monoisotopic (exact) mass is 434 g/mol. The molecule has 2 aromatic carbocycles. The maximum Gasteiger partial charge on any atom is 0.242 e. The van der Waals surface area contributed by atoms with Gasteiger partial charge in [0.1, 0.15) is 6.04 Å². The van der Waals surface area contributed by atoms with Crippen molar-refractivity contribution in [3.63, 3.8) is 0 Å². The fourth-order valence-corrected chi connectivity index (χ4v) is 3.59. The molecule has 4 nitrogen and oxygen atoms in total. The van der Waals surface area contributed by atoms with Gasteiger partial charge in [-0.15, -0.1) is 0 Å². The highest BCUT2D eigenvalue weighted by atomic mass is 35.5. The third kappa shape index (κ3) is 6.76. The summed E-state index contributed by atoms with van der Waals surface area (Å²) in [5, 5.41) is 3.86. The number of benzene rings is 2. The molecule has 0 aromatic heterocycles. The van der Waals surface area contributed by atoms with Crippen molar-refractivity contribution in [3.8, 4) is 0 Å². The lowest BCUT2D eigenvalue weighted by atomic mass is 10.1. The molecule has 6 heteroatoms. The number of hydrogen-bond donors (Lipinski definition) is 1. The average molecular weight is 435 g/mol. The van der Waals surface area contributed by atoms with E-state index in [9.17, 15) is 9.59 Å². The van der Waals surface area contributed by atoms with Gasteiger partial charge in [-0.3, -0.25) is 9.59 Å². The highest BCUT2D eigenvalue weighted by Gasteiger charge is 2.27. The molecule has 0 spiro atoms. The lowest BCUT2D eigenvalue weighted by Crippen LogP contribution is -2.48. The van der Waals surface area contributed by atoms with Crippen LogP contribution in [0.4, 0.5) is 0 Å². The van der Waals surface area contributed by atoms with E-state index in [1.165, 1.54) is 0 Å². The Bertz CT molecular complexity index is 834. The molecule has 156 valence electrons. The van der Waals surface area contributed by atoms with E-state index >= 15 is 0 Å². The molecule has 0 heterocycles. The van der Waals surface area contributed by atoms with Crippen molar-refractivity contribution in [3.05, 3.63) is 69.2 Å². The van der Waals surface area contributed by atoms with Crippen molar-refractivity contribution in [2.24, 2.45) is 0 Å². The van der Waals surface area contributed by atoms with Crippen LogP contribution in [0.3, 0.4) is 0 Å². The molecule has 0 unspecified atom stereocenters. The first-order valence-corrected chi connectivity index (χ1v) is 10.6. The highest BCUT2D eigenvalue weighted by Crippen LogP contribution is 2.27. The number of halogens is 2. The first-order valence-electron chi connectivity index (χ1n) is 9.89. The van der Waals surface area contributed by atoms with Gasteiger partial charge in [0.25, 0.3) is 0 Å². The summed E-state index contributed by atoms with van der Waals surface area (Å²) in [6.45, 7) is 6.55. The second-order valence-corrected chi connectivity index (χ2v) is 8.02. The summed E-state index contributed by atoms with van der Waals surface area (Å²) < 4.78 is 0. The second-order valence-electron chi connectivity index (χ2n) is 7.21. The van der Waals surface area contributed by atoms with Crippen molar-refractivity contribution in [2.45, 2.75) is 52.6 Å². The smallest absolute Gasteiger partial charge is 0.242 e. The predicted octanol–water partition coefficient (Wildman–Crippen LogP) is 5.18. The molecule has 0 aliphatic carbocycles. The minimum absolute atomic E-state index is 0.148. The van der Waals surface area contributed by atoms with E-state index in [-0.39, 0.29) is 24.8 Å². The Morgan fingerprint density at radius 3 is 2.38 bits per heavy atom. The molecular weight excluding hydrogens is 407 g/mol. The molecule has 2 amide bonds. The third-order valence-electron chi connectivity index (χ3n) is 4.82. The summed E-state index contributed by atoms with van der Waals surface area (Å²) in [6, 6.07) is 12.4.